The van der Waals surface area contributed by atoms with Crippen LogP contribution in [0, 0.1) is 0 Å². The van der Waals surface area contributed by atoms with Gasteiger partial charge in [0.25, 0.3) is 5.56 Å². The zero-order valence-electron chi connectivity index (χ0n) is 13.5. The van der Waals surface area contributed by atoms with E-state index in [4.69, 9.17) is 16.3 Å². The Hall–Kier alpha value is -2.38. The number of H-pyrrole nitrogens is 1. The number of aromatic nitrogens is 2. The molecule has 3 aromatic rings. The highest BCUT2D eigenvalue weighted by Crippen LogP contribution is 2.31. The molecule has 6 nitrogen and oxygen atoms in total. The fourth-order valence-electron chi connectivity index (χ4n) is 2.33. The summed E-state index contributed by atoms with van der Waals surface area (Å²) in [5, 5.41) is 4.51. The van der Waals surface area contributed by atoms with E-state index in [0.29, 0.717) is 39.6 Å². The van der Waals surface area contributed by atoms with E-state index < -0.39 is 0 Å². The van der Waals surface area contributed by atoms with Crippen molar-refractivity contribution in [2.45, 2.75) is 13.3 Å². The Morgan fingerprint density at radius 3 is 3.00 bits per heavy atom. The highest BCUT2D eigenvalue weighted by Gasteiger charge is 2.14. The number of hydrogen-bond donors (Lipinski definition) is 2. The number of hydrogen-bond acceptors (Lipinski definition) is 5. The molecule has 2 N–H and O–H groups in total. The van der Waals surface area contributed by atoms with Crippen molar-refractivity contribution in [2.24, 2.45) is 0 Å². The van der Waals surface area contributed by atoms with E-state index in [1.54, 1.807) is 24.3 Å². The second-order valence-electron chi connectivity index (χ2n) is 5.29. The van der Waals surface area contributed by atoms with Crippen LogP contribution in [0.4, 0.5) is 5.69 Å². The number of benzene rings is 1. The van der Waals surface area contributed by atoms with Crippen LogP contribution < -0.4 is 15.6 Å². The third kappa shape index (κ3) is 3.83. The van der Waals surface area contributed by atoms with E-state index in [2.05, 4.69) is 15.3 Å². The summed E-state index contributed by atoms with van der Waals surface area (Å²) < 4.78 is 6.34. The monoisotopic (exact) mass is 377 g/mol. The first-order valence-corrected chi connectivity index (χ1v) is 9.14. The van der Waals surface area contributed by atoms with Crippen molar-refractivity contribution >= 4 is 44.7 Å². The maximum absolute atomic E-state index is 12.3. The minimum Gasteiger partial charge on any atom is -0.493 e. The molecule has 0 unspecified atom stereocenters. The molecule has 130 valence electrons. The Bertz CT molecular complexity index is 967. The molecule has 0 saturated carbocycles. The summed E-state index contributed by atoms with van der Waals surface area (Å²) in [6.07, 6.45) is 0.845. The second-order valence-corrected chi connectivity index (χ2v) is 6.47. The molecule has 0 spiro atoms. The van der Waals surface area contributed by atoms with E-state index in [0.717, 1.165) is 6.42 Å². The number of amides is 1. The average molecular weight is 378 g/mol. The third-order valence-electron chi connectivity index (χ3n) is 3.42. The fraction of sp³-hybridized carbons (Fsp3) is 0.235. The predicted octanol–water partition coefficient (Wildman–Crippen LogP) is 3.62. The lowest BCUT2D eigenvalue weighted by molar-refractivity contribution is -0.113. The van der Waals surface area contributed by atoms with E-state index in [1.165, 1.54) is 11.3 Å². The van der Waals surface area contributed by atoms with Crippen LogP contribution in [0.2, 0.25) is 0 Å². The Morgan fingerprint density at radius 1 is 1.40 bits per heavy atom. The van der Waals surface area contributed by atoms with Crippen molar-refractivity contribution in [3.8, 4) is 17.1 Å². The summed E-state index contributed by atoms with van der Waals surface area (Å²) in [5.74, 6) is 0.524. The Labute approximate surface area is 152 Å². The van der Waals surface area contributed by atoms with Gasteiger partial charge in [0.15, 0.2) is 0 Å². The van der Waals surface area contributed by atoms with Gasteiger partial charge in [-0.2, -0.15) is 0 Å². The van der Waals surface area contributed by atoms with Gasteiger partial charge in [-0.15, -0.1) is 22.9 Å². The van der Waals surface area contributed by atoms with Crippen molar-refractivity contribution in [2.75, 3.05) is 17.8 Å². The molecule has 2 heterocycles. The first-order chi connectivity index (χ1) is 12.1. The lowest BCUT2D eigenvalue weighted by atomic mass is 10.1. The number of ether oxygens (including phenoxy) is 1. The first-order valence-electron chi connectivity index (χ1n) is 7.73. The molecule has 2 aromatic heterocycles. The minimum atomic E-state index is -0.315. The molecule has 0 atom stereocenters. The van der Waals surface area contributed by atoms with E-state index in [9.17, 15) is 9.59 Å². The van der Waals surface area contributed by atoms with E-state index in [1.807, 2.05) is 12.3 Å². The summed E-state index contributed by atoms with van der Waals surface area (Å²) in [6, 6.07) is 6.98. The van der Waals surface area contributed by atoms with E-state index in [-0.39, 0.29) is 17.3 Å². The van der Waals surface area contributed by atoms with Gasteiger partial charge >= 0.3 is 0 Å². The van der Waals surface area contributed by atoms with Crippen LogP contribution in [0.25, 0.3) is 21.6 Å². The van der Waals surface area contributed by atoms with Gasteiger partial charge in [0.1, 0.15) is 22.2 Å². The first kappa shape index (κ1) is 17.4. The molecule has 1 amide bonds. The van der Waals surface area contributed by atoms with Crippen LogP contribution in [0.1, 0.15) is 13.3 Å². The Balaban J connectivity index is 2.10. The lowest BCUT2D eigenvalue weighted by Crippen LogP contribution is -2.13. The summed E-state index contributed by atoms with van der Waals surface area (Å²) in [4.78, 5) is 31.1. The van der Waals surface area contributed by atoms with Crippen LogP contribution >= 0.6 is 22.9 Å². The van der Waals surface area contributed by atoms with Crippen LogP contribution in [0.5, 0.6) is 5.75 Å². The van der Waals surface area contributed by atoms with Crippen molar-refractivity contribution in [3.63, 3.8) is 0 Å². The van der Waals surface area contributed by atoms with E-state index >= 15 is 0 Å². The fourth-order valence-corrected chi connectivity index (χ4v) is 3.12. The topological polar surface area (TPSA) is 84.1 Å². The van der Waals surface area contributed by atoms with Gasteiger partial charge in [-0.1, -0.05) is 6.92 Å². The SMILES string of the molecule is CCCOc1ccc(NC(=O)CCl)cc1-c1nc2ccsc2c(=O)[nH]1. The number of fused-ring (bicyclic) bond motifs is 1. The van der Waals surface area contributed by atoms with Crippen molar-refractivity contribution < 1.29 is 9.53 Å². The van der Waals surface area contributed by atoms with Gasteiger partial charge in [0.05, 0.1) is 17.7 Å². The molecule has 0 aliphatic rings. The molecule has 0 aliphatic heterocycles. The summed E-state index contributed by atoms with van der Waals surface area (Å²) in [7, 11) is 0. The molecular formula is C17H16ClN3O3S. The zero-order chi connectivity index (χ0) is 17.8. The third-order valence-corrected chi connectivity index (χ3v) is 4.56. The number of thiophene rings is 1. The molecule has 25 heavy (non-hydrogen) atoms. The van der Waals surface area contributed by atoms with Gasteiger partial charge in [0.2, 0.25) is 5.91 Å². The van der Waals surface area contributed by atoms with Crippen LogP contribution in [-0.2, 0) is 4.79 Å². The molecule has 1 aromatic carbocycles. The molecule has 0 saturated heterocycles. The molecule has 3 rings (SSSR count). The van der Waals surface area contributed by atoms with Gasteiger partial charge < -0.3 is 15.0 Å². The number of rotatable bonds is 6. The highest BCUT2D eigenvalue weighted by atomic mass is 35.5. The number of alkyl halides is 1. The highest BCUT2D eigenvalue weighted by molar-refractivity contribution is 7.17. The quantitative estimate of drug-likeness (QED) is 0.642. The maximum atomic E-state index is 12.3. The van der Waals surface area contributed by atoms with Crippen molar-refractivity contribution in [1.29, 1.82) is 0 Å². The number of carbonyl (C=O) groups excluding carboxylic acids is 1. The normalized spacial score (nSPS) is 10.8. The van der Waals surface area contributed by atoms with Gasteiger partial charge in [-0.05, 0) is 36.1 Å². The smallest absolute Gasteiger partial charge is 0.269 e. The number of carbonyl (C=O) groups is 1. The Morgan fingerprint density at radius 2 is 2.24 bits per heavy atom. The number of nitrogens with one attached hydrogen (secondary N) is 2. The van der Waals surface area contributed by atoms with Crippen LogP contribution in [-0.4, -0.2) is 28.4 Å². The minimum absolute atomic E-state index is 0.140. The second kappa shape index (κ2) is 7.67. The van der Waals surface area contributed by atoms with Crippen LogP contribution in [0.15, 0.2) is 34.4 Å². The van der Waals surface area contributed by atoms with Gasteiger partial charge in [-0.3, -0.25) is 9.59 Å². The molecule has 0 radical (unpaired) electrons. The Kier molecular flexibility index (Phi) is 5.35. The lowest BCUT2D eigenvalue weighted by Gasteiger charge is -2.13. The number of aromatic amines is 1. The predicted molar refractivity (Wildman–Crippen MR) is 101 cm³/mol. The maximum Gasteiger partial charge on any atom is 0.269 e. The average Bonchev–Trinajstić information content (AvgIpc) is 3.09. The van der Waals surface area contributed by atoms with Gasteiger partial charge in [0, 0.05) is 5.69 Å². The molecule has 0 fully saturated rings. The zero-order valence-corrected chi connectivity index (χ0v) is 15.0. The molecule has 0 bridgehead atoms. The number of nitrogens with zero attached hydrogens (tertiary/aromatic N) is 1. The number of anilines is 1. The molecule has 0 aliphatic carbocycles. The summed E-state index contributed by atoms with van der Waals surface area (Å²) in [6.45, 7) is 2.54. The standard InChI is InChI=1S/C17H16ClN3O3S/c1-2-6-24-13-4-3-10(19-14(22)9-18)8-11(13)16-20-12-5-7-25-15(12)17(23)21-16/h3-5,7-8H,2,6,9H2,1H3,(H,19,22)(H,20,21,23). The van der Waals surface area contributed by atoms with Crippen molar-refractivity contribution in [3.05, 3.63) is 40.0 Å². The summed E-state index contributed by atoms with van der Waals surface area (Å²) in [5.41, 5.74) is 1.58. The largest absolute Gasteiger partial charge is 0.493 e. The molecular weight excluding hydrogens is 362 g/mol. The van der Waals surface area contributed by atoms with Gasteiger partial charge in [-0.25, -0.2) is 4.98 Å². The number of halogens is 1. The summed E-state index contributed by atoms with van der Waals surface area (Å²) >= 11 is 6.88. The van der Waals surface area contributed by atoms with Crippen molar-refractivity contribution in [1.82, 2.24) is 9.97 Å². The molecule has 8 heteroatoms. The van der Waals surface area contributed by atoms with Crippen LogP contribution in [0.3, 0.4) is 0 Å².